The Kier molecular flexibility index (Phi) is 11.0. The van der Waals surface area contributed by atoms with E-state index in [9.17, 15) is 4.79 Å². The van der Waals surface area contributed by atoms with E-state index in [0.29, 0.717) is 12.0 Å². The van der Waals surface area contributed by atoms with Gasteiger partial charge in [-0.3, -0.25) is 28.6 Å². The predicted octanol–water partition coefficient (Wildman–Crippen LogP) is 2.71. The summed E-state index contributed by atoms with van der Waals surface area (Å²) >= 11 is 0. The van der Waals surface area contributed by atoms with Gasteiger partial charge in [0.15, 0.2) is 0 Å². The molecule has 3 aliphatic heterocycles. The minimum atomic E-state index is -0.224. The third kappa shape index (κ3) is 7.72. The van der Waals surface area contributed by atoms with Gasteiger partial charge in [-0.2, -0.15) is 5.69 Å². The van der Waals surface area contributed by atoms with E-state index in [1.54, 1.807) is 6.33 Å². The van der Waals surface area contributed by atoms with Gasteiger partial charge in [0.1, 0.15) is 18.0 Å². The summed E-state index contributed by atoms with van der Waals surface area (Å²) in [6.07, 6.45) is 5.83. The van der Waals surface area contributed by atoms with Crippen LogP contribution in [0.4, 0.5) is 17.3 Å². The van der Waals surface area contributed by atoms with Gasteiger partial charge in [0, 0.05) is 98.2 Å². The Balaban J connectivity index is 0.00000190. The molecule has 5 rings (SSSR count). The Bertz CT molecular complexity index is 1030. The van der Waals surface area contributed by atoms with E-state index < -0.39 is 0 Å². The minimum absolute atomic E-state index is 0. The van der Waals surface area contributed by atoms with E-state index in [-0.39, 0.29) is 76.9 Å². The molecule has 1 aromatic heterocycles. The van der Waals surface area contributed by atoms with Crippen LogP contribution in [0.15, 0.2) is 24.5 Å². The number of piperidine rings is 2. The number of rotatable bonds is 5. The number of carbonyl (C=O) groups is 1. The summed E-state index contributed by atoms with van der Waals surface area (Å²) in [6.45, 7) is 10.8. The fourth-order valence-corrected chi connectivity index (χ4v) is 5.48. The molecule has 37 heavy (non-hydrogen) atoms. The summed E-state index contributed by atoms with van der Waals surface area (Å²) in [4.78, 5) is 28.3. The molecular formula is C27H37N7OY2-2. The van der Waals surface area contributed by atoms with Gasteiger partial charge in [-0.15, -0.1) is 0 Å². The molecule has 1 amide bonds. The van der Waals surface area contributed by atoms with Crippen molar-refractivity contribution in [2.24, 2.45) is 5.41 Å². The van der Waals surface area contributed by atoms with Crippen LogP contribution in [0.25, 0.3) is 0 Å². The van der Waals surface area contributed by atoms with Crippen LogP contribution in [0.2, 0.25) is 0 Å². The maximum Gasteiger partial charge on any atom is 0.238 e. The molecule has 4 heterocycles. The number of likely N-dealkylation sites (tertiary alicyclic amines) is 1. The molecule has 0 unspecified atom stereocenters. The quantitative estimate of drug-likeness (QED) is 0.481. The maximum atomic E-state index is 12.7. The smallest absolute Gasteiger partial charge is 0.238 e. The molecule has 0 atom stereocenters. The standard InChI is InChI=1S/C27H37N7O.2Y/c1-26(2)8-12-32(13-9-26)17-21-4-6-22(7-5-21)34-18-25(35)31-27(19-34)10-14-33(15-11-27)24-16-23(28-3)29-20-30-24;;/h4,7,16,20H,8-15,17-19H2,1-3H3,(H,31,35)(H,28,29,30);;/q-2;;. The zero-order valence-electron chi connectivity index (χ0n) is 22.4. The van der Waals surface area contributed by atoms with Gasteiger partial charge in [-0.25, -0.2) is 9.97 Å². The molecule has 2 N–H and O–H groups in total. The topological polar surface area (TPSA) is 76.6 Å². The number of piperazine rings is 1. The number of aromatic nitrogens is 2. The van der Waals surface area contributed by atoms with Crippen molar-refractivity contribution in [3.8, 4) is 0 Å². The third-order valence-corrected chi connectivity index (χ3v) is 7.92. The first-order valence-corrected chi connectivity index (χ1v) is 12.8. The Morgan fingerprint density at radius 2 is 1.73 bits per heavy atom. The molecule has 0 saturated carbocycles. The van der Waals surface area contributed by atoms with E-state index in [0.717, 1.165) is 69.4 Å². The van der Waals surface area contributed by atoms with E-state index in [2.05, 4.69) is 67.3 Å². The average Bonchev–Trinajstić information content (AvgIpc) is 2.86. The third-order valence-electron chi connectivity index (χ3n) is 7.92. The zero-order chi connectivity index (χ0) is 24.5. The molecule has 8 nitrogen and oxygen atoms in total. The van der Waals surface area contributed by atoms with Crippen LogP contribution in [0.1, 0.15) is 45.1 Å². The number of carbonyl (C=O) groups excluding carboxylic acids is 1. The Labute approximate surface area is 271 Å². The van der Waals surface area contributed by atoms with Crippen LogP contribution in [-0.2, 0) is 76.8 Å². The van der Waals surface area contributed by atoms with Gasteiger partial charge < -0.3 is 31.4 Å². The largest absolute Gasteiger partial charge is 0.437 e. The molecule has 3 saturated heterocycles. The summed E-state index contributed by atoms with van der Waals surface area (Å²) < 4.78 is 0. The molecule has 3 aliphatic rings. The summed E-state index contributed by atoms with van der Waals surface area (Å²) in [5, 5.41) is 6.39. The first-order chi connectivity index (χ1) is 16.8. The first kappa shape index (κ1) is 30.9. The van der Waals surface area contributed by atoms with Crippen molar-refractivity contribution in [3.63, 3.8) is 0 Å². The summed E-state index contributed by atoms with van der Waals surface area (Å²) in [6, 6.07) is 13.0. The van der Waals surface area contributed by atoms with E-state index in [4.69, 9.17) is 0 Å². The maximum absolute atomic E-state index is 12.7. The minimum Gasteiger partial charge on any atom is -0.437 e. The molecule has 1 aromatic carbocycles. The van der Waals surface area contributed by atoms with Gasteiger partial charge in [0.2, 0.25) is 5.91 Å². The van der Waals surface area contributed by atoms with E-state index >= 15 is 0 Å². The Morgan fingerprint density at radius 3 is 2.38 bits per heavy atom. The number of hydrogen-bond acceptors (Lipinski definition) is 7. The molecule has 2 radical (unpaired) electrons. The molecular weight excluding hydrogens is 616 g/mol. The van der Waals surface area contributed by atoms with Crippen LogP contribution in [0.3, 0.4) is 0 Å². The molecule has 10 heteroatoms. The van der Waals surface area contributed by atoms with Crippen molar-refractivity contribution in [2.45, 2.75) is 51.6 Å². The Morgan fingerprint density at radius 1 is 1.00 bits per heavy atom. The molecule has 194 valence electrons. The average molecular weight is 653 g/mol. The monoisotopic (exact) mass is 653 g/mol. The Hall–Kier alpha value is -0.662. The molecule has 2 aromatic rings. The van der Waals surface area contributed by atoms with Crippen LogP contribution >= 0.6 is 0 Å². The van der Waals surface area contributed by atoms with Gasteiger partial charge in [-0.05, 0) is 50.7 Å². The normalized spacial score (nSPS) is 21.0. The van der Waals surface area contributed by atoms with Crippen LogP contribution < -0.4 is 20.4 Å². The van der Waals surface area contributed by atoms with Crippen LogP contribution in [-0.4, -0.2) is 72.6 Å². The molecule has 0 bridgehead atoms. The number of hydrogen-bond donors (Lipinski definition) is 2. The van der Waals surface area contributed by atoms with Gasteiger partial charge in [0.05, 0.1) is 12.1 Å². The van der Waals surface area contributed by atoms with Gasteiger partial charge in [0.25, 0.3) is 0 Å². The number of anilines is 3. The first-order valence-electron chi connectivity index (χ1n) is 12.8. The molecule has 0 aliphatic carbocycles. The van der Waals surface area contributed by atoms with Crippen LogP contribution in [0.5, 0.6) is 0 Å². The second-order valence-electron chi connectivity index (χ2n) is 11.1. The van der Waals surface area contributed by atoms with Crippen molar-refractivity contribution in [2.75, 3.05) is 61.4 Å². The zero-order valence-corrected chi connectivity index (χ0v) is 28.1. The molecule has 1 spiro atoms. The SMILES string of the molecule is CNc1cc(N2CCC3(CC2)CN(c2[c-]cc(CN4CCC(C)(C)CC4)[c-]c2)CC(=O)N3)ncn1.[Y].[Y]. The number of nitrogens with one attached hydrogen (secondary N) is 2. The fraction of sp³-hybridized carbons (Fsp3) is 0.593. The number of nitrogens with zero attached hydrogens (tertiary/aromatic N) is 5. The predicted molar refractivity (Wildman–Crippen MR) is 139 cm³/mol. The second kappa shape index (κ2) is 13.1. The van der Waals surface area contributed by atoms with Crippen molar-refractivity contribution in [1.29, 1.82) is 0 Å². The fourth-order valence-electron chi connectivity index (χ4n) is 5.48. The number of benzene rings is 1. The van der Waals surface area contributed by atoms with Crippen molar-refractivity contribution in [1.82, 2.24) is 20.2 Å². The summed E-state index contributed by atoms with van der Waals surface area (Å²) in [5.41, 5.74) is 2.36. The molecule has 3 fully saturated rings. The van der Waals surface area contributed by atoms with Gasteiger partial charge in [-0.1, -0.05) is 13.8 Å². The van der Waals surface area contributed by atoms with Crippen LogP contribution in [0, 0.1) is 17.5 Å². The van der Waals surface area contributed by atoms with E-state index in [1.165, 1.54) is 18.4 Å². The number of amides is 1. The van der Waals surface area contributed by atoms with E-state index in [1.807, 2.05) is 19.2 Å². The van der Waals surface area contributed by atoms with Crippen molar-refractivity contribution in [3.05, 3.63) is 42.2 Å². The summed E-state index contributed by atoms with van der Waals surface area (Å²) in [5.74, 6) is 1.82. The van der Waals surface area contributed by atoms with Crippen molar-refractivity contribution < 1.29 is 70.2 Å². The van der Waals surface area contributed by atoms with Crippen molar-refractivity contribution >= 4 is 23.2 Å². The second-order valence-corrected chi connectivity index (χ2v) is 11.1. The summed E-state index contributed by atoms with van der Waals surface area (Å²) in [7, 11) is 1.86. The van der Waals surface area contributed by atoms with Gasteiger partial charge >= 0.3 is 0 Å².